The van der Waals surface area contributed by atoms with Crippen LogP contribution in [0, 0.1) is 0 Å². The third-order valence-electron chi connectivity index (χ3n) is 4.91. The molecule has 0 unspecified atom stereocenters. The van der Waals surface area contributed by atoms with Gasteiger partial charge in [-0.2, -0.15) is 0 Å². The van der Waals surface area contributed by atoms with Crippen LogP contribution in [0.5, 0.6) is 0 Å². The predicted octanol–water partition coefficient (Wildman–Crippen LogP) is 5.87. The van der Waals surface area contributed by atoms with Crippen LogP contribution in [0.15, 0.2) is 89.0 Å². The summed E-state index contributed by atoms with van der Waals surface area (Å²) < 4.78 is 28.0. The number of anilines is 1. The Morgan fingerprint density at radius 2 is 1.72 bits per heavy atom. The van der Waals surface area contributed by atoms with Gasteiger partial charge in [0.15, 0.2) is 5.15 Å². The first-order valence-electron chi connectivity index (χ1n) is 9.53. The van der Waals surface area contributed by atoms with Gasteiger partial charge in [-0.05, 0) is 64.5 Å². The number of hydrogen-bond donors (Lipinski definition) is 1. The first-order valence-corrected chi connectivity index (χ1v) is 12.3. The molecule has 5 aromatic rings. The summed E-state index contributed by atoms with van der Waals surface area (Å²) in [5.41, 5.74) is 4.72. The summed E-state index contributed by atoms with van der Waals surface area (Å²) in [6.45, 7) is 0. The number of fused-ring (bicyclic) bond motifs is 1. The molecular weight excluding hydrogens is 464 g/mol. The number of sulfonamides is 1. The normalized spacial score (nSPS) is 11.5. The van der Waals surface area contributed by atoms with Crippen LogP contribution in [-0.4, -0.2) is 23.4 Å². The Balaban J connectivity index is 1.58. The molecule has 6 nitrogen and oxygen atoms in total. The van der Waals surface area contributed by atoms with Crippen molar-refractivity contribution in [3.63, 3.8) is 0 Å². The van der Waals surface area contributed by atoms with E-state index in [2.05, 4.69) is 19.7 Å². The molecule has 0 bridgehead atoms. The summed E-state index contributed by atoms with van der Waals surface area (Å²) in [4.78, 5) is 12.8. The molecule has 5 rings (SSSR count). The summed E-state index contributed by atoms with van der Waals surface area (Å²) in [6.07, 6.45) is 6.90. The fraction of sp³-hybridized carbons (Fsp3) is 0. The number of nitrogens with zero attached hydrogens (tertiary/aromatic N) is 3. The second kappa shape index (κ2) is 8.31. The zero-order chi connectivity index (χ0) is 22.1. The van der Waals surface area contributed by atoms with E-state index in [1.807, 2.05) is 36.4 Å². The van der Waals surface area contributed by atoms with E-state index in [4.69, 9.17) is 11.6 Å². The number of thiophene rings is 1. The molecule has 0 saturated carbocycles. The van der Waals surface area contributed by atoms with Crippen molar-refractivity contribution in [3.8, 4) is 22.3 Å². The maximum absolute atomic E-state index is 12.6. The van der Waals surface area contributed by atoms with Crippen molar-refractivity contribution in [2.75, 3.05) is 4.72 Å². The molecule has 4 aromatic heterocycles. The Labute approximate surface area is 193 Å². The van der Waals surface area contributed by atoms with Gasteiger partial charge in [0.2, 0.25) is 0 Å². The van der Waals surface area contributed by atoms with Gasteiger partial charge in [0.1, 0.15) is 4.21 Å². The van der Waals surface area contributed by atoms with Crippen LogP contribution in [0.4, 0.5) is 5.69 Å². The van der Waals surface area contributed by atoms with E-state index in [-0.39, 0.29) is 15.0 Å². The molecule has 9 heteroatoms. The quantitative estimate of drug-likeness (QED) is 0.319. The van der Waals surface area contributed by atoms with Crippen molar-refractivity contribution < 1.29 is 8.42 Å². The molecule has 4 heterocycles. The van der Waals surface area contributed by atoms with Crippen LogP contribution in [0.1, 0.15) is 0 Å². The third kappa shape index (κ3) is 3.95. The molecule has 0 atom stereocenters. The molecule has 0 spiro atoms. The maximum Gasteiger partial charge on any atom is 0.271 e. The van der Waals surface area contributed by atoms with E-state index in [1.165, 1.54) is 6.07 Å². The fourth-order valence-electron chi connectivity index (χ4n) is 3.40. The first-order chi connectivity index (χ1) is 15.5. The van der Waals surface area contributed by atoms with E-state index in [1.54, 1.807) is 42.3 Å². The van der Waals surface area contributed by atoms with Gasteiger partial charge in [-0.3, -0.25) is 14.7 Å². The van der Waals surface area contributed by atoms with Gasteiger partial charge in [-0.1, -0.05) is 23.7 Å². The number of aromatic nitrogens is 3. The lowest BCUT2D eigenvalue weighted by Gasteiger charge is -2.11. The van der Waals surface area contributed by atoms with Crippen LogP contribution >= 0.6 is 22.9 Å². The molecule has 0 aliphatic carbocycles. The van der Waals surface area contributed by atoms with E-state index in [0.29, 0.717) is 0 Å². The average molecular weight is 479 g/mol. The fourth-order valence-corrected chi connectivity index (χ4v) is 5.65. The Bertz CT molecular complexity index is 1520. The lowest BCUT2D eigenvalue weighted by atomic mass is 9.98. The number of pyridine rings is 3. The topological polar surface area (TPSA) is 84.8 Å². The van der Waals surface area contributed by atoms with E-state index >= 15 is 0 Å². The monoisotopic (exact) mass is 478 g/mol. The van der Waals surface area contributed by atoms with Crippen LogP contribution in [0.25, 0.3) is 33.2 Å². The van der Waals surface area contributed by atoms with Gasteiger partial charge < -0.3 is 0 Å². The number of nitrogens with one attached hydrogen (secondary N) is 1. The molecule has 0 fully saturated rings. The minimum Gasteiger partial charge on any atom is -0.276 e. The Kier molecular flexibility index (Phi) is 5.34. The van der Waals surface area contributed by atoms with Crippen LogP contribution in [-0.2, 0) is 10.0 Å². The number of rotatable bonds is 5. The molecule has 32 heavy (non-hydrogen) atoms. The zero-order valence-corrected chi connectivity index (χ0v) is 18.8. The summed E-state index contributed by atoms with van der Waals surface area (Å²) in [7, 11) is -3.74. The SMILES string of the molecule is O=S(=O)(Nc1cc(-c2ccc3nccc(-c4ccncc4)c3c2)cnc1Cl)c1cccs1. The van der Waals surface area contributed by atoms with E-state index < -0.39 is 10.0 Å². The van der Waals surface area contributed by atoms with Crippen molar-refractivity contribution in [1.29, 1.82) is 0 Å². The highest BCUT2D eigenvalue weighted by Crippen LogP contribution is 2.33. The summed E-state index contributed by atoms with van der Waals surface area (Å²) in [5, 5.41) is 2.75. The molecule has 0 aliphatic rings. The largest absolute Gasteiger partial charge is 0.276 e. The van der Waals surface area contributed by atoms with Crippen LogP contribution in [0.3, 0.4) is 0 Å². The van der Waals surface area contributed by atoms with Crippen molar-refractivity contribution in [3.05, 3.63) is 89.9 Å². The Morgan fingerprint density at radius 3 is 2.50 bits per heavy atom. The molecule has 158 valence electrons. The van der Waals surface area contributed by atoms with Gasteiger partial charge >= 0.3 is 0 Å². The van der Waals surface area contributed by atoms with Gasteiger partial charge in [-0.25, -0.2) is 13.4 Å². The second-order valence-corrected chi connectivity index (χ2v) is 10.1. The highest BCUT2D eigenvalue weighted by Gasteiger charge is 2.18. The Morgan fingerprint density at radius 1 is 0.875 bits per heavy atom. The van der Waals surface area contributed by atoms with Gasteiger partial charge in [0.05, 0.1) is 11.2 Å². The molecule has 0 saturated heterocycles. The predicted molar refractivity (Wildman–Crippen MR) is 128 cm³/mol. The van der Waals surface area contributed by atoms with Crippen molar-refractivity contribution in [2.45, 2.75) is 4.21 Å². The molecule has 1 N–H and O–H groups in total. The lowest BCUT2D eigenvalue weighted by Crippen LogP contribution is -2.12. The standard InChI is InChI=1S/C23H15ClN4O2S2/c24-23-21(28-32(29,30)22-2-1-11-31-22)13-17(14-27-23)16-3-4-20-19(12-16)18(7-10-26-20)15-5-8-25-9-6-15/h1-14,28H. The first kappa shape index (κ1) is 20.6. The molecule has 0 radical (unpaired) electrons. The molecule has 0 aliphatic heterocycles. The van der Waals surface area contributed by atoms with Crippen molar-refractivity contribution in [2.24, 2.45) is 0 Å². The second-order valence-electron chi connectivity index (χ2n) is 6.93. The van der Waals surface area contributed by atoms with Crippen LogP contribution in [0.2, 0.25) is 5.15 Å². The van der Waals surface area contributed by atoms with E-state index in [0.717, 1.165) is 44.5 Å². The van der Waals surface area contributed by atoms with Crippen molar-refractivity contribution >= 4 is 49.6 Å². The lowest BCUT2D eigenvalue weighted by molar-refractivity contribution is 0.603. The maximum atomic E-state index is 12.6. The van der Waals surface area contributed by atoms with E-state index in [9.17, 15) is 8.42 Å². The van der Waals surface area contributed by atoms with Gasteiger partial charge in [-0.15, -0.1) is 11.3 Å². The third-order valence-corrected chi connectivity index (χ3v) is 7.97. The van der Waals surface area contributed by atoms with Gasteiger partial charge in [0.25, 0.3) is 10.0 Å². The molecule has 1 aromatic carbocycles. The number of hydrogen-bond acceptors (Lipinski definition) is 6. The Hall–Kier alpha value is -3.33. The smallest absolute Gasteiger partial charge is 0.271 e. The highest BCUT2D eigenvalue weighted by molar-refractivity contribution is 7.94. The minimum atomic E-state index is -3.74. The number of benzene rings is 1. The van der Waals surface area contributed by atoms with Crippen LogP contribution < -0.4 is 4.72 Å². The number of halogens is 1. The average Bonchev–Trinajstić information content (AvgIpc) is 3.36. The van der Waals surface area contributed by atoms with Crippen molar-refractivity contribution in [1.82, 2.24) is 15.0 Å². The van der Waals surface area contributed by atoms with Gasteiger partial charge in [0, 0.05) is 35.7 Å². The molecular formula is C23H15ClN4O2S2. The summed E-state index contributed by atoms with van der Waals surface area (Å²) in [5.74, 6) is 0. The summed E-state index contributed by atoms with van der Waals surface area (Å²) >= 11 is 7.33. The summed E-state index contributed by atoms with van der Waals surface area (Å²) in [6, 6.07) is 16.6. The molecule has 0 amide bonds. The highest BCUT2D eigenvalue weighted by atomic mass is 35.5. The minimum absolute atomic E-state index is 0.0776. The zero-order valence-electron chi connectivity index (χ0n) is 16.4.